The summed E-state index contributed by atoms with van der Waals surface area (Å²) < 4.78 is 5.84. The van der Waals surface area contributed by atoms with Gasteiger partial charge in [0, 0.05) is 5.92 Å². The number of hydrogen-bond acceptors (Lipinski definition) is 5. The summed E-state index contributed by atoms with van der Waals surface area (Å²) in [5.74, 6) is 1.54. The Bertz CT molecular complexity index is 803. The van der Waals surface area contributed by atoms with Crippen LogP contribution in [0.1, 0.15) is 92.4 Å². The summed E-state index contributed by atoms with van der Waals surface area (Å²) >= 11 is 0. The van der Waals surface area contributed by atoms with Gasteiger partial charge in [-0.05, 0) is 106 Å². The third kappa shape index (κ3) is 3.43. The average molecular weight is 463 g/mol. The fourth-order valence-corrected chi connectivity index (χ4v) is 9.35. The molecule has 1 aliphatic heterocycles. The molecule has 5 heteroatoms. The van der Waals surface area contributed by atoms with E-state index in [1.165, 1.54) is 6.42 Å². The minimum Gasteiger partial charge on any atom is -0.393 e. The summed E-state index contributed by atoms with van der Waals surface area (Å²) in [5.41, 5.74) is 0.921. The molecule has 0 unspecified atom stereocenters. The van der Waals surface area contributed by atoms with E-state index in [4.69, 9.17) is 4.74 Å². The molecule has 5 rings (SSSR count). The van der Waals surface area contributed by atoms with Gasteiger partial charge in [0.05, 0.1) is 17.8 Å². The van der Waals surface area contributed by atoms with Crippen LogP contribution in [0, 0.1) is 39.9 Å². The molecule has 5 nitrogen and oxygen atoms in total. The van der Waals surface area contributed by atoms with Crippen LogP contribution in [-0.4, -0.2) is 50.6 Å². The molecule has 0 radical (unpaired) electrons. The van der Waals surface area contributed by atoms with Crippen LogP contribution in [0.3, 0.4) is 0 Å². The number of aliphatic hydroxyl groups excluding tert-OH is 3. The molecule has 0 aromatic heterocycles. The van der Waals surface area contributed by atoms with Crippen LogP contribution in [0.5, 0.6) is 0 Å². The molecule has 0 amide bonds. The van der Waals surface area contributed by atoms with Gasteiger partial charge in [-0.2, -0.15) is 0 Å². The van der Waals surface area contributed by atoms with E-state index in [-0.39, 0.29) is 22.9 Å². The highest BCUT2D eigenvalue weighted by Crippen LogP contribution is 2.72. The summed E-state index contributed by atoms with van der Waals surface area (Å²) in [6, 6.07) is 0. The largest absolute Gasteiger partial charge is 0.393 e. The second-order valence-corrected chi connectivity index (χ2v) is 13.6. The van der Waals surface area contributed by atoms with Crippen LogP contribution in [-0.2, 0) is 4.74 Å². The van der Waals surface area contributed by atoms with Gasteiger partial charge in [0.1, 0.15) is 6.10 Å². The minimum atomic E-state index is -1.25. The molecular formula is C28H46O5. The van der Waals surface area contributed by atoms with Crippen LogP contribution in [0.4, 0.5) is 0 Å². The van der Waals surface area contributed by atoms with Crippen LogP contribution in [0.15, 0.2) is 11.6 Å². The fourth-order valence-electron chi connectivity index (χ4n) is 9.35. The summed E-state index contributed by atoms with van der Waals surface area (Å²) in [7, 11) is 0. The molecule has 188 valence electrons. The molecule has 11 atom stereocenters. The lowest BCUT2D eigenvalue weighted by Crippen LogP contribution is -2.53. The first-order chi connectivity index (χ1) is 15.3. The molecule has 3 saturated carbocycles. The number of ether oxygens (including phenoxy) is 1. The molecule has 1 saturated heterocycles. The van der Waals surface area contributed by atoms with E-state index in [1.54, 1.807) is 19.4 Å². The average Bonchev–Trinajstić information content (AvgIpc) is 3.24. The van der Waals surface area contributed by atoms with Gasteiger partial charge >= 0.3 is 0 Å². The van der Waals surface area contributed by atoms with Crippen molar-refractivity contribution in [1.82, 2.24) is 0 Å². The Morgan fingerprint density at radius 1 is 1.03 bits per heavy atom. The van der Waals surface area contributed by atoms with Gasteiger partial charge < -0.3 is 25.2 Å². The van der Waals surface area contributed by atoms with Gasteiger partial charge in [-0.15, -0.1) is 0 Å². The van der Waals surface area contributed by atoms with E-state index in [2.05, 4.69) is 26.8 Å². The number of aliphatic hydroxyl groups is 4. The van der Waals surface area contributed by atoms with E-state index in [1.807, 2.05) is 0 Å². The summed E-state index contributed by atoms with van der Waals surface area (Å²) in [4.78, 5) is 0. The van der Waals surface area contributed by atoms with Crippen molar-refractivity contribution in [3.05, 3.63) is 11.6 Å². The normalized spacial score (nSPS) is 53.1. The molecule has 5 aliphatic rings. The SMILES string of the molecule is CC(C)(O)[C@@H](O)[C@H]1C[C@@H]([C@@H]2CC[C@]3(C)C4=CC[C@H]5C[C@H](O)CC[C@]5(C)[C@@H]4CC[C@@]23C)[C@H](O)O1. The highest BCUT2D eigenvalue weighted by Gasteiger charge is 2.65. The molecule has 1 heterocycles. The van der Waals surface area contributed by atoms with E-state index in [0.717, 1.165) is 44.9 Å². The topological polar surface area (TPSA) is 90.2 Å². The number of allylic oxidation sites excluding steroid dienone is 2. The zero-order valence-electron chi connectivity index (χ0n) is 21.3. The number of hydrogen-bond donors (Lipinski definition) is 4. The third-order valence-corrected chi connectivity index (χ3v) is 11.7. The maximum absolute atomic E-state index is 10.9. The smallest absolute Gasteiger partial charge is 0.158 e. The lowest BCUT2D eigenvalue weighted by Gasteiger charge is -2.61. The van der Waals surface area contributed by atoms with Crippen LogP contribution in [0.2, 0.25) is 0 Å². The van der Waals surface area contributed by atoms with E-state index in [9.17, 15) is 20.4 Å². The Morgan fingerprint density at radius 3 is 2.45 bits per heavy atom. The van der Waals surface area contributed by atoms with Crippen molar-refractivity contribution >= 4 is 0 Å². The van der Waals surface area contributed by atoms with Gasteiger partial charge in [-0.1, -0.05) is 32.4 Å². The Balaban J connectivity index is 1.41. The Hall–Kier alpha value is -0.460. The predicted molar refractivity (Wildman–Crippen MR) is 127 cm³/mol. The first kappa shape index (κ1) is 24.2. The fraction of sp³-hybridized carbons (Fsp3) is 0.929. The molecule has 0 aromatic rings. The molecule has 4 aliphatic carbocycles. The molecule has 0 aromatic carbocycles. The van der Waals surface area contributed by atoms with Crippen molar-refractivity contribution in [3.63, 3.8) is 0 Å². The Kier molecular flexibility index (Phi) is 5.71. The molecular weight excluding hydrogens is 416 g/mol. The lowest BCUT2D eigenvalue weighted by atomic mass is 9.43. The van der Waals surface area contributed by atoms with Gasteiger partial charge in [0.25, 0.3) is 0 Å². The van der Waals surface area contributed by atoms with Gasteiger partial charge in [-0.3, -0.25) is 0 Å². The van der Waals surface area contributed by atoms with Crippen LogP contribution in [0.25, 0.3) is 0 Å². The van der Waals surface area contributed by atoms with E-state index in [0.29, 0.717) is 29.6 Å². The van der Waals surface area contributed by atoms with E-state index >= 15 is 0 Å². The Labute approximate surface area is 199 Å². The monoisotopic (exact) mass is 462 g/mol. The quantitative estimate of drug-likeness (QED) is 0.473. The number of fused-ring (bicyclic) bond motifs is 5. The van der Waals surface area contributed by atoms with Crippen molar-refractivity contribution in [3.8, 4) is 0 Å². The summed E-state index contributed by atoms with van der Waals surface area (Å²) in [6.45, 7) is 10.6. The lowest BCUT2D eigenvalue weighted by molar-refractivity contribution is -0.172. The van der Waals surface area contributed by atoms with Gasteiger partial charge in [0.15, 0.2) is 6.29 Å². The van der Waals surface area contributed by atoms with Crippen molar-refractivity contribution in [2.24, 2.45) is 39.9 Å². The number of rotatable bonds is 3. The van der Waals surface area contributed by atoms with Gasteiger partial charge in [0.2, 0.25) is 0 Å². The highest BCUT2D eigenvalue weighted by molar-refractivity contribution is 5.32. The molecule has 0 spiro atoms. The van der Waals surface area contributed by atoms with Crippen molar-refractivity contribution in [2.45, 2.75) is 123 Å². The second kappa shape index (κ2) is 7.77. The second-order valence-electron chi connectivity index (χ2n) is 13.6. The van der Waals surface area contributed by atoms with Gasteiger partial charge in [-0.25, -0.2) is 0 Å². The van der Waals surface area contributed by atoms with Crippen molar-refractivity contribution < 1.29 is 25.2 Å². The predicted octanol–water partition coefficient (Wildman–Crippen LogP) is 4.17. The molecule has 33 heavy (non-hydrogen) atoms. The Morgan fingerprint density at radius 2 is 1.76 bits per heavy atom. The third-order valence-electron chi connectivity index (χ3n) is 11.7. The minimum absolute atomic E-state index is 0.00673. The van der Waals surface area contributed by atoms with Crippen molar-refractivity contribution in [2.75, 3.05) is 0 Å². The zero-order valence-corrected chi connectivity index (χ0v) is 21.3. The molecule has 4 N–H and O–H groups in total. The highest BCUT2D eigenvalue weighted by atomic mass is 16.6. The standard InChI is InChI=1S/C28H46O5/c1-25(2,32)23(30)22-15-18(24(31)33-22)19-9-12-28(5)21-7-6-16-14-17(29)8-11-26(16,3)20(21)10-13-27(19,28)4/h7,16-20,22-24,29-32H,6,8-15H2,1-5H3/t16-,17+,18-,19-,20+,22+,23-,24+,26-,27-,28+/m0/s1. The molecule has 0 bridgehead atoms. The van der Waals surface area contributed by atoms with Crippen LogP contribution < -0.4 is 0 Å². The van der Waals surface area contributed by atoms with E-state index < -0.39 is 24.1 Å². The maximum Gasteiger partial charge on any atom is 0.158 e. The molecule has 4 fully saturated rings. The maximum atomic E-state index is 10.9. The van der Waals surface area contributed by atoms with Crippen LogP contribution >= 0.6 is 0 Å². The first-order valence-corrected chi connectivity index (χ1v) is 13.4. The van der Waals surface area contributed by atoms with Crippen molar-refractivity contribution in [1.29, 1.82) is 0 Å². The first-order valence-electron chi connectivity index (χ1n) is 13.4. The summed E-state index contributed by atoms with van der Waals surface area (Å²) in [5, 5.41) is 42.1. The summed E-state index contributed by atoms with van der Waals surface area (Å²) in [6.07, 6.45) is 9.27. The zero-order chi connectivity index (χ0) is 24.0.